The first-order valence-electron chi connectivity index (χ1n) is 11.6. The molecule has 1 N–H and O–H groups in total. The van der Waals surface area contributed by atoms with E-state index in [2.05, 4.69) is 38.1 Å². The zero-order valence-electron chi connectivity index (χ0n) is 19.5. The Morgan fingerprint density at radius 3 is 2.44 bits per heavy atom. The van der Waals surface area contributed by atoms with E-state index in [9.17, 15) is 4.79 Å². The number of carbonyl (C=O) groups is 1. The number of piperazine rings is 1. The number of nitrogens with one attached hydrogen (secondary N) is 1. The number of nitrogens with zero attached hydrogens (tertiary/aromatic N) is 5. The van der Waals surface area contributed by atoms with E-state index in [1.165, 1.54) is 0 Å². The van der Waals surface area contributed by atoms with Crippen molar-refractivity contribution < 1.29 is 4.79 Å². The molecule has 1 aliphatic rings. The van der Waals surface area contributed by atoms with Crippen molar-refractivity contribution >= 4 is 34.3 Å². The number of carbonyl (C=O) groups excluding carboxylic acids is 1. The average Bonchev–Trinajstić information content (AvgIpc) is 2.85. The van der Waals surface area contributed by atoms with Crippen molar-refractivity contribution in [1.29, 1.82) is 0 Å². The van der Waals surface area contributed by atoms with Gasteiger partial charge in [-0.2, -0.15) is 0 Å². The fourth-order valence-corrected chi connectivity index (χ4v) is 4.42. The van der Waals surface area contributed by atoms with Crippen LogP contribution in [0.3, 0.4) is 0 Å². The SMILES string of the molecule is Cc1cccc(CC(=O)Nc2ccc3nc(N4CCN(c5ncccn5)CC4)cc(C)c3c2)c1. The van der Waals surface area contributed by atoms with Gasteiger partial charge < -0.3 is 15.1 Å². The molecule has 1 aliphatic heterocycles. The molecular weight excluding hydrogens is 424 g/mol. The van der Waals surface area contributed by atoms with Gasteiger partial charge in [0.2, 0.25) is 11.9 Å². The maximum Gasteiger partial charge on any atom is 0.228 e. The van der Waals surface area contributed by atoms with Crippen LogP contribution in [-0.2, 0) is 11.2 Å². The highest BCUT2D eigenvalue weighted by Gasteiger charge is 2.20. The molecule has 0 saturated carbocycles. The summed E-state index contributed by atoms with van der Waals surface area (Å²) in [6, 6.07) is 17.9. The molecule has 1 fully saturated rings. The van der Waals surface area contributed by atoms with Crippen molar-refractivity contribution in [1.82, 2.24) is 15.0 Å². The van der Waals surface area contributed by atoms with Gasteiger partial charge in [-0.1, -0.05) is 29.8 Å². The standard InChI is InChI=1S/C27H28N6O/c1-19-5-3-6-21(15-19)17-26(34)30-22-7-8-24-23(18-22)20(2)16-25(31-24)32-11-13-33(14-12-32)27-28-9-4-10-29-27/h3-10,15-16,18H,11-14,17H2,1-2H3,(H,30,34). The van der Waals surface area contributed by atoms with E-state index in [1.807, 2.05) is 55.5 Å². The minimum atomic E-state index is -0.0209. The largest absolute Gasteiger partial charge is 0.353 e. The Labute approximate surface area is 199 Å². The predicted molar refractivity (Wildman–Crippen MR) is 136 cm³/mol. The summed E-state index contributed by atoms with van der Waals surface area (Å²) in [6.07, 6.45) is 3.92. The minimum Gasteiger partial charge on any atom is -0.353 e. The third-order valence-electron chi connectivity index (χ3n) is 6.17. The monoisotopic (exact) mass is 452 g/mol. The lowest BCUT2D eigenvalue weighted by atomic mass is 10.1. The van der Waals surface area contributed by atoms with Crippen LogP contribution in [0.2, 0.25) is 0 Å². The molecule has 172 valence electrons. The number of aromatic nitrogens is 3. The predicted octanol–water partition coefficient (Wildman–Crippen LogP) is 4.15. The number of benzene rings is 2. The molecule has 34 heavy (non-hydrogen) atoms. The van der Waals surface area contributed by atoms with E-state index in [-0.39, 0.29) is 5.91 Å². The van der Waals surface area contributed by atoms with Crippen LogP contribution >= 0.6 is 0 Å². The highest BCUT2D eigenvalue weighted by Crippen LogP contribution is 2.26. The van der Waals surface area contributed by atoms with E-state index >= 15 is 0 Å². The lowest BCUT2D eigenvalue weighted by Gasteiger charge is -2.35. The molecule has 2 aromatic carbocycles. The molecule has 0 atom stereocenters. The smallest absolute Gasteiger partial charge is 0.228 e. The van der Waals surface area contributed by atoms with Gasteiger partial charge in [-0.25, -0.2) is 15.0 Å². The average molecular weight is 453 g/mol. The Bertz CT molecular complexity index is 1320. The summed E-state index contributed by atoms with van der Waals surface area (Å²) in [5.74, 6) is 1.74. The van der Waals surface area contributed by atoms with Gasteiger partial charge in [0.1, 0.15) is 5.82 Å². The molecule has 1 saturated heterocycles. The molecule has 0 unspecified atom stereocenters. The highest BCUT2D eigenvalue weighted by atomic mass is 16.1. The van der Waals surface area contributed by atoms with Crippen LogP contribution in [0, 0.1) is 13.8 Å². The van der Waals surface area contributed by atoms with E-state index in [0.29, 0.717) is 6.42 Å². The second-order valence-corrected chi connectivity index (χ2v) is 8.77. The molecule has 0 radical (unpaired) electrons. The van der Waals surface area contributed by atoms with Crippen molar-refractivity contribution in [3.8, 4) is 0 Å². The van der Waals surface area contributed by atoms with Crippen LogP contribution in [-0.4, -0.2) is 47.0 Å². The Morgan fingerprint density at radius 2 is 1.68 bits per heavy atom. The number of hydrogen-bond acceptors (Lipinski definition) is 6. The molecule has 0 bridgehead atoms. The van der Waals surface area contributed by atoms with Crippen LogP contribution in [0.4, 0.5) is 17.5 Å². The topological polar surface area (TPSA) is 74.2 Å². The Kier molecular flexibility index (Phi) is 6.08. The van der Waals surface area contributed by atoms with Crippen molar-refractivity contribution in [2.75, 3.05) is 41.3 Å². The van der Waals surface area contributed by atoms with Gasteiger partial charge in [0, 0.05) is 49.6 Å². The van der Waals surface area contributed by atoms with Crippen molar-refractivity contribution in [2.45, 2.75) is 20.3 Å². The van der Waals surface area contributed by atoms with Crippen molar-refractivity contribution in [2.24, 2.45) is 0 Å². The molecule has 3 heterocycles. The molecule has 4 aromatic rings. The van der Waals surface area contributed by atoms with Gasteiger partial charge in [0.25, 0.3) is 0 Å². The Balaban J connectivity index is 1.27. The zero-order valence-corrected chi connectivity index (χ0v) is 19.5. The summed E-state index contributed by atoms with van der Waals surface area (Å²) in [5.41, 5.74) is 5.03. The zero-order chi connectivity index (χ0) is 23.5. The van der Waals surface area contributed by atoms with Gasteiger partial charge in [-0.3, -0.25) is 4.79 Å². The minimum absolute atomic E-state index is 0.0209. The highest BCUT2D eigenvalue weighted by molar-refractivity contribution is 5.95. The first kappa shape index (κ1) is 21.8. The molecule has 7 nitrogen and oxygen atoms in total. The van der Waals surface area contributed by atoms with Crippen LogP contribution in [0.5, 0.6) is 0 Å². The van der Waals surface area contributed by atoms with Gasteiger partial charge >= 0.3 is 0 Å². The van der Waals surface area contributed by atoms with Gasteiger partial charge in [0.15, 0.2) is 0 Å². The van der Waals surface area contributed by atoms with E-state index < -0.39 is 0 Å². The number of pyridine rings is 1. The normalized spacial score (nSPS) is 13.8. The van der Waals surface area contributed by atoms with Crippen molar-refractivity contribution in [3.63, 3.8) is 0 Å². The summed E-state index contributed by atoms with van der Waals surface area (Å²) in [5, 5.41) is 4.08. The van der Waals surface area contributed by atoms with Crippen LogP contribution < -0.4 is 15.1 Å². The maximum absolute atomic E-state index is 12.6. The van der Waals surface area contributed by atoms with E-state index in [1.54, 1.807) is 12.4 Å². The molecule has 1 amide bonds. The maximum atomic E-state index is 12.6. The number of rotatable bonds is 5. The second-order valence-electron chi connectivity index (χ2n) is 8.77. The van der Waals surface area contributed by atoms with Crippen LogP contribution in [0.1, 0.15) is 16.7 Å². The fourth-order valence-electron chi connectivity index (χ4n) is 4.42. The van der Waals surface area contributed by atoms with Crippen LogP contribution in [0.15, 0.2) is 67.0 Å². The number of hydrogen-bond donors (Lipinski definition) is 1. The number of fused-ring (bicyclic) bond motifs is 1. The third kappa shape index (κ3) is 4.83. The number of anilines is 3. The Hall–Kier alpha value is -4.00. The molecular formula is C27H28N6O. The second kappa shape index (κ2) is 9.47. The van der Waals surface area contributed by atoms with Gasteiger partial charge in [0.05, 0.1) is 11.9 Å². The van der Waals surface area contributed by atoms with Gasteiger partial charge in [-0.15, -0.1) is 0 Å². The van der Waals surface area contributed by atoms with Gasteiger partial charge in [-0.05, 0) is 55.3 Å². The molecule has 7 heteroatoms. The summed E-state index contributed by atoms with van der Waals surface area (Å²) < 4.78 is 0. The van der Waals surface area contributed by atoms with E-state index in [0.717, 1.165) is 71.2 Å². The first-order chi connectivity index (χ1) is 16.5. The number of aryl methyl sites for hydroxylation is 2. The lowest BCUT2D eigenvalue weighted by molar-refractivity contribution is -0.115. The third-order valence-corrected chi connectivity index (χ3v) is 6.17. The number of amides is 1. The molecule has 2 aromatic heterocycles. The molecule has 5 rings (SSSR count). The summed E-state index contributed by atoms with van der Waals surface area (Å²) in [6.45, 7) is 7.57. The Morgan fingerprint density at radius 1 is 0.912 bits per heavy atom. The van der Waals surface area contributed by atoms with E-state index in [4.69, 9.17) is 4.98 Å². The van der Waals surface area contributed by atoms with Crippen LogP contribution in [0.25, 0.3) is 10.9 Å². The molecule has 0 aliphatic carbocycles. The fraction of sp³-hybridized carbons (Fsp3) is 0.259. The lowest BCUT2D eigenvalue weighted by Crippen LogP contribution is -2.47. The first-order valence-corrected chi connectivity index (χ1v) is 11.6. The van der Waals surface area contributed by atoms with Crippen molar-refractivity contribution in [3.05, 3.63) is 83.7 Å². The molecule has 0 spiro atoms. The summed E-state index contributed by atoms with van der Waals surface area (Å²) in [7, 11) is 0. The summed E-state index contributed by atoms with van der Waals surface area (Å²) >= 11 is 0. The quantitative estimate of drug-likeness (QED) is 0.490. The summed E-state index contributed by atoms with van der Waals surface area (Å²) in [4.78, 5) is 30.7.